The summed E-state index contributed by atoms with van der Waals surface area (Å²) in [6, 6.07) is 7.41. The zero-order valence-electron chi connectivity index (χ0n) is 8.86. The molecule has 0 amide bonds. The molecular weight excluding hydrogens is 202 g/mol. The number of nitrogens with two attached hydrogens (primary N) is 1. The average molecular weight is 215 g/mol. The predicted octanol–water partition coefficient (Wildman–Crippen LogP) is 1.11. The van der Waals surface area contributed by atoms with E-state index in [1.807, 2.05) is 24.3 Å². The van der Waals surface area contributed by atoms with E-state index in [0.717, 1.165) is 11.1 Å². The smallest absolute Gasteiger partial charge is 0.314 e. The number of rotatable bonds is 2. The minimum Gasteiger partial charge on any atom is -0.481 e. The fraction of sp³-hybridized carbons (Fsp3) is 0.308. The molecule has 1 aromatic rings. The molecule has 0 aromatic heterocycles. The van der Waals surface area contributed by atoms with Crippen LogP contribution in [0.2, 0.25) is 0 Å². The fourth-order valence-corrected chi connectivity index (χ4v) is 1.88. The molecule has 0 radical (unpaired) electrons. The van der Waals surface area contributed by atoms with Crippen molar-refractivity contribution in [3.63, 3.8) is 0 Å². The standard InChI is InChI=1S/C13H13NO2/c14-9-3-5-10-4-1-2-6-11(10)13(7-8-13)12(15)16/h1-2,4,6H,7-9,14H2,(H,15,16). The Kier molecular flexibility index (Phi) is 2.67. The van der Waals surface area contributed by atoms with E-state index in [0.29, 0.717) is 12.8 Å². The summed E-state index contributed by atoms with van der Waals surface area (Å²) in [6.07, 6.45) is 1.40. The van der Waals surface area contributed by atoms with Gasteiger partial charge in [-0.3, -0.25) is 4.79 Å². The molecule has 82 valence electrons. The molecule has 0 spiro atoms. The van der Waals surface area contributed by atoms with Crippen LogP contribution in [-0.2, 0) is 10.2 Å². The van der Waals surface area contributed by atoms with Crippen molar-refractivity contribution in [2.45, 2.75) is 18.3 Å². The summed E-state index contributed by atoms with van der Waals surface area (Å²) in [5, 5.41) is 9.23. The minimum atomic E-state index is -0.755. The Hall–Kier alpha value is -1.79. The van der Waals surface area contributed by atoms with Gasteiger partial charge in [-0.15, -0.1) is 0 Å². The monoisotopic (exact) mass is 215 g/mol. The van der Waals surface area contributed by atoms with E-state index < -0.39 is 11.4 Å². The first kappa shape index (κ1) is 10.7. The topological polar surface area (TPSA) is 63.3 Å². The number of hydrogen-bond donors (Lipinski definition) is 2. The van der Waals surface area contributed by atoms with Gasteiger partial charge in [0.1, 0.15) is 0 Å². The molecule has 1 aromatic carbocycles. The normalized spacial score (nSPS) is 16.1. The molecule has 0 unspecified atom stereocenters. The maximum Gasteiger partial charge on any atom is 0.314 e. The van der Waals surface area contributed by atoms with Crippen LogP contribution in [0.3, 0.4) is 0 Å². The molecule has 16 heavy (non-hydrogen) atoms. The Balaban J connectivity index is 2.45. The van der Waals surface area contributed by atoms with E-state index in [2.05, 4.69) is 11.8 Å². The van der Waals surface area contributed by atoms with Crippen LogP contribution >= 0.6 is 0 Å². The molecule has 3 nitrogen and oxygen atoms in total. The van der Waals surface area contributed by atoms with Crippen molar-refractivity contribution in [3.8, 4) is 11.8 Å². The number of benzene rings is 1. The van der Waals surface area contributed by atoms with Crippen LogP contribution in [0.4, 0.5) is 0 Å². The first-order valence-electron chi connectivity index (χ1n) is 5.22. The molecule has 0 saturated heterocycles. The summed E-state index contributed by atoms with van der Waals surface area (Å²) in [5.41, 5.74) is 6.23. The largest absolute Gasteiger partial charge is 0.481 e. The van der Waals surface area contributed by atoms with Gasteiger partial charge in [-0.2, -0.15) is 0 Å². The van der Waals surface area contributed by atoms with Crippen LogP contribution < -0.4 is 5.73 Å². The number of carboxylic acids is 1. The third-order valence-corrected chi connectivity index (χ3v) is 2.93. The fourth-order valence-electron chi connectivity index (χ4n) is 1.88. The highest BCUT2D eigenvalue weighted by molar-refractivity contribution is 5.86. The second-order valence-electron chi connectivity index (χ2n) is 3.94. The molecule has 2 rings (SSSR count). The van der Waals surface area contributed by atoms with Crippen molar-refractivity contribution in [3.05, 3.63) is 35.4 Å². The van der Waals surface area contributed by atoms with E-state index in [9.17, 15) is 9.90 Å². The quantitative estimate of drug-likeness (QED) is 0.726. The van der Waals surface area contributed by atoms with Gasteiger partial charge in [0, 0.05) is 5.56 Å². The maximum absolute atomic E-state index is 11.2. The van der Waals surface area contributed by atoms with Gasteiger partial charge in [-0.1, -0.05) is 30.0 Å². The Morgan fingerprint density at radius 3 is 2.69 bits per heavy atom. The van der Waals surface area contributed by atoms with Crippen LogP contribution in [0.5, 0.6) is 0 Å². The molecule has 1 saturated carbocycles. The summed E-state index contributed by atoms with van der Waals surface area (Å²) >= 11 is 0. The number of aliphatic carboxylic acids is 1. The van der Waals surface area contributed by atoms with Crippen LogP contribution in [0.15, 0.2) is 24.3 Å². The predicted molar refractivity (Wildman–Crippen MR) is 60.9 cm³/mol. The van der Waals surface area contributed by atoms with Crippen LogP contribution in [0, 0.1) is 11.8 Å². The molecule has 3 N–H and O–H groups in total. The van der Waals surface area contributed by atoms with Gasteiger partial charge >= 0.3 is 5.97 Å². The van der Waals surface area contributed by atoms with Crippen molar-refractivity contribution < 1.29 is 9.90 Å². The minimum absolute atomic E-state index is 0.286. The van der Waals surface area contributed by atoms with Crippen molar-refractivity contribution >= 4 is 5.97 Å². The second-order valence-corrected chi connectivity index (χ2v) is 3.94. The molecule has 3 heteroatoms. The van der Waals surface area contributed by atoms with Crippen molar-refractivity contribution in [2.75, 3.05) is 6.54 Å². The first-order chi connectivity index (χ1) is 7.70. The van der Waals surface area contributed by atoms with Gasteiger partial charge in [0.2, 0.25) is 0 Å². The highest BCUT2D eigenvalue weighted by Gasteiger charge is 2.52. The summed E-state index contributed by atoms with van der Waals surface area (Å²) < 4.78 is 0. The van der Waals surface area contributed by atoms with Gasteiger partial charge in [0.25, 0.3) is 0 Å². The average Bonchev–Trinajstić information content (AvgIpc) is 3.08. The molecule has 1 aliphatic carbocycles. The van der Waals surface area contributed by atoms with Crippen LogP contribution in [0.1, 0.15) is 24.0 Å². The number of hydrogen-bond acceptors (Lipinski definition) is 2. The second kappa shape index (κ2) is 3.99. The van der Waals surface area contributed by atoms with Crippen molar-refractivity contribution in [1.82, 2.24) is 0 Å². The molecule has 1 fully saturated rings. The number of carbonyl (C=O) groups is 1. The molecule has 1 aliphatic rings. The Labute approximate surface area is 94.3 Å². The summed E-state index contributed by atoms with van der Waals surface area (Å²) in [5.74, 6) is 4.95. The summed E-state index contributed by atoms with van der Waals surface area (Å²) in [7, 11) is 0. The van der Waals surface area contributed by atoms with Crippen molar-refractivity contribution in [1.29, 1.82) is 0 Å². The van der Waals surface area contributed by atoms with Gasteiger partial charge in [0.15, 0.2) is 0 Å². The third kappa shape index (κ3) is 1.68. The zero-order chi connectivity index (χ0) is 11.6. The van der Waals surface area contributed by atoms with Gasteiger partial charge in [0.05, 0.1) is 12.0 Å². The first-order valence-corrected chi connectivity index (χ1v) is 5.22. The van der Waals surface area contributed by atoms with Crippen LogP contribution in [0.25, 0.3) is 0 Å². The molecular formula is C13H13NO2. The van der Waals surface area contributed by atoms with E-state index >= 15 is 0 Å². The lowest BCUT2D eigenvalue weighted by Gasteiger charge is -2.11. The highest BCUT2D eigenvalue weighted by atomic mass is 16.4. The Bertz CT molecular complexity index is 478. The van der Waals surface area contributed by atoms with E-state index in [-0.39, 0.29) is 6.54 Å². The molecule has 0 aliphatic heterocycles. The molecule has 0 heterocycles. The lowest BCUT2D eigenvalue weighted by Crippen LogP contribution is -2.20. The van der Waals surface area contributed by atoms with Crippen LogP contribution in [-0.4, -0.2) is 17.6 Å². The van der Waals surface area contributed by atoms with E-state index in [1.54, 1.807) is 0 Å². The SMILES string of the molecule is NCC#Cc1ccccc1C1(C(=O)O)CC1. The van der Waals surface area contributed by atoms with Gasteiger partial charge in [-0.25, -0.2) is 0 Å². The zero-order valence-corrected chi connectivity index (χ0v) is 8.86. The van der Waals surface area contributed by atoms with Crippen molar-refractivity contribution in [2.24, 2.45) is 5.73 Å². The molecule has 0 bridgehead atoms. The number of carboxylic acid groups (broad SMARTS) is 1. The Morgan fingerprint density at radius 1 is 1.44 bits per heavy atom. The van der Waals surface area contributed by atoms with Gasteiger partial charge < -0.3 is 10.8 Å². The van der Waals surface area contributed by atoms with E-state index in [1.165, 1.54) is 0 Å². The van der Waals surface area contributed by atoms with Gasteiger partial charge in [-0.05, 0) is 24.5 Å². The third-order valence-electron chi connectivity index (χ3n) is 2.93. The summed E-state index contributed by atoms with van der Waals surface area (Å²) in [4.78, 5) is 11.2. The van der Waals surface area contributed by atoms with E-state index in [4.69, 9.17) is 5.73 Å². The summed E-state index contributed by atoms with van der Waals surface area (Å²) in [6.45, 7) is 0.286. The highest BCUT2D eigenvalue weighted by Crippen LogP contribution is 2.49. The lowest BCUT2D eigenvalue weighted by molar-refractivity contribution is -0.140. The maximum atomic E-state index is 11.2. The Morgan fingerprint density at radius 2 is 2.12 bits per heavy atom. The molecule has 0 atom stereocenters. The lowest BCUT2D eigenvalue weighted by atomic mass is 9.91.